The van der Waals surface area contributed by atoms with Crippen molar-refractivity contribution in [3.8, 4) is 0 Å². The zero-order valence-electron chi connectivity index (χ0n) is 12.7. The number of nitrogens with zero attached hydrogens (tertiary/aromatic N) is 1. The number of ether oxygens (including phenoxy) is 1. The summed E-state index contributed by atoms with van der Waals surface area (Å²) in [4.78, 5) is 14.3. The standard InChI is InChI=1S/C15H29N3O2/c1-2-18-10-5-13(6-11-18)17-15(19)7-12-20-14-3-8-16-9-4-14/h13-14,16H,2-12H2,1H3,(H,17,19). The largest absolute Gasteiger partial charge is 0.378 e. The first kappa shape index (κ1) is 15.7. The van der Waals surface area contributed by atoms with Crippen LogP contribution >= 0.6 is 0 Å². The Kier molecular flexibility index (Phi) is 6.76. The van der Waals surface area contributed by atoms with Gasteiger partial charge in [0.05, 0.1) is 12.7 Å². The molecule has 2 heterocycles. The molecule has 116 valence electrons. The Morgan fingerprint density at radius 1 is 1.25 bits per heavy atom. The molecule has 2 aliphatic heterocycles. The van der Waals surface area contributed by atoms with Crippen LogP contribution in [0.3, 0.4) is 0 Å². The van der Waals surface area contributed by atoms with Crippen molar-refractivity contribution in [1.29, 1.82) is 0 Å². The number of hydrogen-bond donors (Lipinski definition) is 2. The molecule has 5 heteroatoms. The van der Waals surface area contributed by atoms with E-state index in [1.807, 2.05) is 0 Å². The van der Waals surface area contributed by atoms with Gasteiger partial charge in [-0.15, -0.1) is 0 Å². The zero-order chi connectivity index (χ0) is 14.2. The van der Waals surface area contributed by atoms with Gasteiger partial charge in [0, 0.05) is 25.6 Å². The number of likely N-dealkylation sites (tertiary alicyclic amines) is 1. The number of carbonyl (C=O) groups excluding carboxylic acids is 1. The van der Waals surface area contributed by atoms with Gasteiger partial charge >= 0.3 is 0 Å². The molecule has 2 N–H and O–H groups in total. The lowest BCUT2D eigenvalue weighted by molar-refractivity contribution is -0.123. The van der Waals surface area contributed by atoms with E-state index in [0.717, 1.165) is 58.4 Å². The number of rotatable bonds is 6. The van der Waals surface area contributed by atoms with E-state index >= 15 is 0 Å². The van der Waals surface area contributed by atoms with Crippen molar-refractivity contribution in [3.05, 3.63) is 0 Å². The Labute approximate surface area is 122 Å². The van der Waals surface area contributed by atoms with Crippen LogP contribution in [-0.2, 0) is 9.53 Å². The average Bonchev–Trinajstić information content (AvgIpc) is 2.49. The van der Waals surface area contributed by atoms with Gasteiger partial charge in [-0.05, 0) is 45.3 Å². The first-order valence-electron chi connectivity index (χ1n) is 8.12. The molecule has 2 saturated heterocycles. The third kappa shape index (κ3) is 5.38. The van der Waals surface area contributed by atoms with Crippen molar-refractivity contribution in [3.63, 3.8) is 0 Å². The van der Waals surface area contributed by atoms with E-state index in [2.05, 4.69) is 22.5 Å². The molecule has 0 aromatic carbocycles. The molecule has 1 amide bonds. The van der Waals surface area contributed by atoms with Gasteiger partial charge in [0.15, 0.2) is 0 Å². The quantitative estimate of drug-likeness (QED) is 0.755. The van der Waals surface area contributed by atoms with Crippen molar-refractivity contribution in [2.75, 3.05) is 39.3 Å². The summed E-state index contributed by atoms with van der Waals surface area (Å²) in [5.74, 6) is 0.147. The minimum absolute atomic E-state index is 0.147. The highest BCUT2D eigenvalue weighted by molar-refractivity contribution is 5.76. The van der Waals surface area contributed by atoms with Crippen LogP contribution in [0.25, 0.3) is 0 Å². The second-order valence-corrected chi connectivity index (χ2v) is 5.85. The van der Waals surface area contributed by atoms with Crippen molar-refractivity contribution < 1.29 is 9.53 Å². The van der Waals surface area contributed by atoms with Gasteiger partial charge in [0.1, 0.15) is 0 Å². The Balaban J connectivity index is 1.54. The molecule has 0 spiro atoms. The molecule has 2 rings (SSSR count). The topological polar surface area (TPSA) is 53.6 Å². The minimum atomic E-state index is 0.147. The van der Waals surface area contributed by atoms with Gasteiger partial charge in [-0.1, -0.05) is 6.92 Å². The van der Waals surface area contributed by atoms with Crippen molar-refractivity contribution in [2.45, 2.75) is 51.2 Å². The molecule has 0 saturated carbocycles. The number of piperidine rings is 2. The lowest BCUT2D eigenvalue weighted by atomic mass is 10.1. The van der Waals surface area contributed by atoms with Crippen LogP contribution in [0.1, 0.15) is 39.0 Å². The molecule has 0 radical (unpaired) electrons. The Morgan fingerprint density at radius 2 is 1.95 bits per heavy atom. The van der Waals surface area contributed by atoms with E-state index in [9.17, 15) is 4.79 Å². The predicted octanol–water partition coefficient (Wildman–Crippen LogP) is 0.746. The maximum absolute atomic E-state index is 11.9. The van der Waals surface area contributed by atoms with E-state index in [4.69, 9.17) is 4.74 Å². The highest BCUT2D eigenvalue weighted by Crippen LogP contribution is 2.10. The van der Waals surface area contributed by atoms with Crippen LogP contribution < -0.4 is 10.6 Å². The molecule has 0 atom stereocenters. The fraction of sp³-hybridized carbons (Fsp3) is 0.933. The number of carbonyl (C=O) groups is 1. The van der Waals surface area contributed by atoms with E-state index < -0.39 is 0 Å². The van der Waals surface area contributed by atoms with Crippen molar-refractivity contribution in [1.82, 2.24) is 15.5 Å². The number of hydrogen-bond acceptors (Lipinski definition) is 4. The SMILES string of the molecule is CCN1CCC(NC(=O)CCOC2CCNCC2)CC1. The van der Waals surface area contributed by atoms with E-state index in [0.29, 0.717) is 25.2 Å². The molecule has 0 unspecified atom stereocenters. The minimum Gasteiger partial charge on any atom is -0.378 e. The van der Waals surface area contributed by atoms with E-state index in [1.165, 1.54) is 0 Å². The van der Waals surface area contributed by atoms with Crippen LogP contribution in [0, 0.1) is 0 Å². The summed E-state index contributed by atoms with van der Waals surface area (Å²) in [6.45, 7) is 8.14. The second-order valence-electron chi connectivity index (χ2n) is 5.85. The Bertz CT molecular complexity index is 285. The molecule has 2 fully saturated rings. The molecule has 0 aliphatic carbocycles. The van der Waals surface area contributed by atoms with E-state index in [1.54, 1.807) is 0 Å². The van der Waals surface area contributed by atoms with Gasteiger partial charge in [-0.2, -0.15) is 0 Å². The highest BCUT2D eigenvalue weighted by Gasteiger charge is 2.19. The smallest absolute Gasteiger partial charge is 0.222 e. The third-order valence-corrected chi connectivity index (χ3v) is 4.37. The normalized spacial score (nSPS) is 22.9. The molecule has 20 heavy (non-hydrogen) atoms. The second kappa shape index (κ2) is 8.60. The maximum Gasteiger partial charge on any atom is 0.222 e. The molecule has 0 bridgehead atoms. The number of amides is 1. The maximum atomic E-state index is 11.9. The third-order valence-electron chi connectivity index (χ3n) is 4.37. The Hall–Kier alpha value is -0.650. The summed E-state index contributed by atoms with van der Waals surface area (Å²) >= 11 is 0. The van der Waals surface area contributed by atoms with Crippen molar-refractivity contribution in [2.24, 2.45) is 0 Å². The lowest BCUT2D eigenvalue weighted by Gasteiger charge is -2.31. The van der Waals surface area contributed by atoms with E-state index in [-0.39, 0.29) is 5.91 Å². The molecular weight excluding hydrogens is 254 g/mol. The monoisotopic (exact) mass is 283 g/mol. The summed E-state index contributed by atoms with van der Waals surface area (Å²) in [7, 11) is 0. The summed E-state index contributed by atoms with van der Waals surface area (Å²) in [6, 6.07) is 0.365. The fourth-order valence-electron chi connectivity index (χ4n) is 2.97. The number of nitrogens with one attached hydrogen (secondary N) is 2. The summed E-state index contributed by atoms with van der Waals surface area (Å²) < 4.78 is 5.77. The summed E-state index contributed by atoms with van der Waals surface area (Å²) in [5.41, 5.74) is 0. The fourth-order valence-corrected chi connectivity index (χ4v) is 2.97. The van der Waals surface area contributed by atoms with Crippen LogP contribution in [0.5, 0.6) is 0 Å². The van der Waals surface area contributed by atoms with Gasteiger partial charge in [0.2, 0.25) is 5.91 Å². The highest BCUT2D eigenvalue weighted by atomic mass is 16.5. The Morgan fingerprint density at radius 3 is 2.60 bits per heavy atom. The molecule has 0 aromatic rings. The zero-order valence-corrected chi connectivity index (χ0v) is 12.7. The van der Waals surface area contributed by atoms with Crippen LogP contribution in [-0.4, -0.2) is 62.3 Å². The molecular formula is C15H29N3O2. The van der Waals surface area contributed by atoms with Crippen LogP contribution in [0.4, 0.5) is 0 Å². The lowest BCUT2D eigenvalue weighted by Crippen LogP contribution is -2.44. The van der Waals surface area contributed by atoms with Gasteiger partial charge in [0.25, 0.3) is 0 Å². The molecule has 5 nitrogen and oxygen atoms in total. The van der Waals surface area contributed by atoms with Gasteiger partial charge in [-0.3, -0.25) is 4.79 Å². The summed E-state index contributed by atoms with van der Waals surface area (Å²) in [6.07, 6.45) is 5.13. The predicted molar refractivity (Wildman–Crippen MR) is 79.7 cm³/mol. The van der Waals surface area contributed by atoms with Gasteiger partial charge in [-0.25, -0.2) is 0 Å². The van der Waals surface area contributed by atoms with Crippen molar-refractivity contribution >= 4 is 5.91 Å². The first-order chi connectivity index (χ1) is 9.78. The molecule has 0 aromatic heterocycles. The summed E-state index contributed by atoms with van der Waals surface area (Å²) in [5, 5.41) is 6.46. The van der Waals surface area contributed by atoms with Crippen LogP contribution in [0.2, 0.25) is 0 Å². The molecule has 2 aliphatic rings. The van der Waals surface area contributed by atoms with Crippen LogP contribution in [0.15, 0.2) is 0 Å². The average molecular weight is 283 g/mol. The first-order valence-corrected chi connectivity index (χ1v) is 8.12. The van der Waals surface area contributed by atoms with Gasteiger partial charge < -0.3 is 20.3 Å².